The van der Waals surface area contributed by atoms with Gasteiger partial charge in [0.05, 0.1) is 17.2 Å². The predicted octanol–water partition coefficient (Wildman–Crippen LogP) is 4.32. The summed E-state index contributed by atoms with van der Waals surface area (Å²) in [6.07, 6.45) is -4.54. The molecular weight excluding hydrogens is 359 g/mol. The maximum Gasteiger partial charge on any atom is 0.416 e. The molecule has 0 aliphatic rings. The molecule has 0 aliphatic heterocycles. The van der Waals surface area contributed by atoms with Crippen molar-refractivity contribution in [2.45, 2.75) is 13.1 Å². The van der Waals surface area contributed by atoms with Gasteiger partial charge in [0.1, 0.15) is 11.8 Å². The first-order valence-corrected chi connectivity index (χ1v) is 7.50. The zero-order valence-electron chi connectivity index (χ0n) is 13.9. The SMILES string of the molecule is Cc1cc(C#N)ccc1NC(=O)/C(C#N)=C(\O)c1ccc(C(F)(F)F)cc1. The number of nitriles is 2. The van der Waals surface area contributed by atoms with Crippen LogP contribution in [0.25, 0.3) is 5.76 Å². The van der Waals surface area contributed by atoms with E-state index in [1.807, 2.05) is 6.07 Å². The molecule has 0 saturated carbocycles. The third-order valence-electron chi connectivity index (χ3n) is 3.67. The van der Waals surface area contributed by atoms with Crippen molar-refractivity contribution in [1.29, 1.82) is 10.5 Å². The minimum atomic E-state index is -4.54. The van der Waals surface area contributed by atoms with Gasteiger partial charge in [-0.2, -0.15) is 23.7 Å². The smallest absolute Gasteiger partial charge is 0.416 e. The van der Waals surface area contributed by atoms with Gasteiger partial charge in [0.2, 0.25) is 0 Å². The summed E-state index contributed by atoms with van der Waals surface area (Å²) < 4.78 is 37.8. The van der Waals surface area contributed by atoms with Crippen molar-refractivity contribution in [3.05, 3.63) is 70.3 Å². The molecule has 5 nitrogen and oxygen atoms in total. The van der Waals surface area contributed by atoms with Crippen molar-refractivity contribution in [2.24, 2.45) is 0 Å². The fourth-order valence-electron chi connectivity index (χ4n) is 2.23. The van der Waals surface area contributed by atoms with Crippen molar-refractivity contribution < 1.29 is 23.1 Å². The molecule has 0 unspecified atom stereocenters. The summed E-state index contributed by atoms with van der Waals surface area (Å²) in [6.45, 7) is 1.64. The van der Waals surface area contributed by atoms with E-state index in [0.29, 0.717) is 16.8 Å². The van der Waals surface area contributed by atoms with Gasteiger partial charge in [-0.05, 0) is 42.8 Å². The third kappa shape index (κ3) is 4.44. The van der Waals surface area contributed by atoms with Crippen LogP contribution in [-0.2, 0) is 11.0 Å². The summed E-state index contributed by atoms with van der Waals surface area (Å²) in [5, 5.41) is 30.6. The number of nitrogens with one attached hydrogen (secondary N) is 1. The van der Waals surface area contributed by atoms with E-state index in [1.165, 1.54) is 18.2 Å². The number of alkyl halides is 3. The Bertz CT molecular complexity index is 995. The monoisotopic (exact) mass is 371 g/mol. The number of halogens is 3. The van der Waals surface area contributed by atoms with Crippen LogP contribution in [0.5, 0.6) is 0 Å². The number of aryl methyl sites for hydroxylation is 1. The predicted molar refractivity (Wildman–Crippen MR) is 91.1 cm³/mol. The largest absolute Gasteiger partial charge is 0.506 e. The number of hydrogen-bond acceptors (Lipinski definition) is 4. The molecule has 0 heterocycles. The Hall–Kier alpha value is -3.78. The van der Waals surface area contributed by atoms with E-state index >= 15 is 0 Å². The van der Waals surface area contributed by atoms with Crippen molar-refractivity contribution in [3.8, 4) is 12.1 Å². The Kier molecular flexibility index (Phi) is 5.52. The number of hydrogen-bond donors (Lipinski definition) is 2. The van der Waals surface area contributed by atoms with E-state index < -0.39 is 29.0 Å². The number of benzene rings is 2. The maximum absolute atomic E-state index is 12.6. The van der Waals surface area contributed by atoms with E-state index in [-0.39, 0.29) is 5.56 Å². The molecule has 0 saturated heterocycles. The number of aliphatic hydroxyl groups is 1. The lowest BCUT2D eigenvalue weighted by Crippen LogP contribution is -2.16. The van der Waals surface area contributed by atoms with Gasteiger partial charge in [0.25, 0.3) is 5.91 Å². The molecule has 1 amide bonds. The molecule has 2 aromatic carbocycles. The molecule has 2 aromatic rings. The highest BCUT2D eigenvalue weighted by molar-refractivity contribution is 6.11. The van der Waals surface area contributed by atoms with Gasteiger partial charge in [-0.25, -0.2) is 0 Å². The standard InChI is InChI=1S/C19H12F3N3O2/c1-11-8-12(9-23)2-7-16(11)25-18(27)15(10-24)17(26)13-3-5-14(6-4-13)19(20,21)22/h2-8,26H,1H3,(H,25,27)/b17-15-. The number of carbonyl (C=O) groups excluding carboxylic acids is 1. The van der Waals surface area contributed by atoms with E-state index in [0.717, 1.165) is 24.3 Å². The van der Waals surface area contributed by atoms with Crippen LogP contribution < -0.4 is 5.32 Å². The second kappa shape index (κ2) is 7.63. The van der Waals surface area contributed by atoms with Crippen LogP contribution in [0.15, 0.2) is 48.0 Å². The van der Waals surface area contributed by atoms with Crippen LogP contribution in [-0.4, -0.2) is 11.0 Å². The number of amides is 1. The molecule has 0 atom stereocenters. The molecule has 0 fully saturated rings. The van der Waals surface area contributed by atoms with Crippen LogP contribution in [0.3, 0.4) is 0 Å². The molecule has 2 N–H and O–H groups in total. The number of nitrogens with zero attached hydrogens (tertiary/aromatic N) is 2. The average Bonchev–Trinajstić information content (AvgIpc) is 2.63. The van der Waals surface area contributed by atoms with Crippen LogP contribution >= 0.6 is 0 Å². The van der Waals surface area contributed by atoms with Crippen molar-refractivity contribution >= 4 is 17.4 Å². The Morgan fingerprint density at radius 1 is 1.11 bits per heavy atom. The average molecular weight is 371 g/mol. The summed E-state index contributed by atoms with van der Waals surface area (Å²) in [5.41, 5.74) is -0.408. The molecule has 8 heteroatoms. The zero-order chi connectivity index (χ0) is 20.2. The van der Waals surface area contributed by atoms with Gasteiger partial charge in [-0.3, -0.25) is 4.79 Å². The van der Waals surface area contributed by atoms with E-state index in [2.05, 4.69) is 5.32 Å². The quantitative estimate of drug-likeness (QED) is 0.477. The number of carbonyl (C=O) groups is 1. The third-order valence-corrected chi connectivity index (χ3v) is 3.67. The Morgan fingerprint density at radius 3 is 2.22 bits per heavy atom. The van der Waals surface area contributed by atoms with E-state index in [1.54, 1.807) is 13.0 Å². The van der Waals surface area contributed by atoms with Crippen LogP contribution in [0, 0.1) is 29.6 Å². The first kappa shape index (κ1) is 19.5. The van der Waals surface area contributed by atoms with Gasteiger partial charge in [-0.15, -0.1) is 0 Å². The summed E-state index contributed by atoms with van der Waals surface area (Å²) in [7, 11) is 0. The zero-order valence-corrected chi connectivity index (χ0v) is 13.9. The Labute approximate surface area is 152 Å². The van der Waals surface area contributed by atoms with Gasteiger partial charge in [0, 0.05) is 11.3 Å². The fraction of sp³-hybridized carbons (Fsp3) is 0.105. The van der Waals surface area contributed by atoms with Gasteiger partial charge >= 0.3 is 6.18 Å². The lowest BCUT2D eigenvalue weighted by Gasteiger charge is -2.10. The Balaban J connectivity index is 2.32. The highest BCUT2D eigenvalue weighted by Crippen LogP contribution is 2.30. The van der Waals surface area contributed by atoms with Crippen molar-refractivity contribution in [1.82, 2.24) is 0 Å². The number of aliphatic hydroxyl groups excluding tert-OH is 1. The molecule has 0 bridgehead atoms. The van der Waals surface area contributed by atoms with E-state index in [9.17, 15) is 28.3 Å². The second-order valence-corrected chi connectivity index (χ2v) is 5.51. The molecule has 0 aromatic heterocycles. The summed E-state index contributed by atoms with van der Waals surface area (Å²) in [6, 6.07) is 11.4. The van der Waals surface area contributed by atoms with Gasteiger partial charge in [-0.1, -0.05) is 12.1 Å². The first-order valence-electron chi connectivity index (χ1n) is 7.50. The molecule has 0 radical (unpaired) electrons. The normalized spacial score (nSPS) is 11.8. The van der Waals surface area contributed by atoms with Gasteiger partial charge < -0.3 is 10.4 Å². The topological polar surface area (TPSA) is 96.9 Å². The Morgan fingerprint density at radius 2 is 1.74 bits per heavy atom. The van der Waals surface area contributed by atoms with Crippen LogP contribution in [0.1, 0.15) is 22.3 Å². The molecule has 2 rings (SSSR count). The lowest BCUT2D eigenvalue weighted by atomic mass is 10.1. The van der Waals surface area contributed by atoms with Crippen molar-refractivity contribution in [3.63, 3.8) is 0 Å². The molecule has 0 aliphatic carbocycles. The molecule has 136 valence electrons. The van der Waals surface area contributed by atoms with Gasteiger partial charge in [0.15, 0.2) is 5.57 Å². The summed E-state index contributed by atoms with van der Waals surface area (Å²) >= 11 is 0. The number of rotatable bonds is 3. The van der Waals surface area contributed by atoms with E-state index in [4.69, 9.17) is 5.26 Å². The van der Waals surface area contributed by atoms with Crippen LogP contribution in [0.2, 0.25) is 0 Å². The van der Waals surface area contributed by atoms with Crippen molar-refractivity contribution in [2.75, 3.05) is 5.32 Å². The number of anilines is 1. The fourth-order valence-corrected chi connectivity index (χ4v) is 2.23. The minimum Gasteiger partial charge on any atom is -0.506 e. The molecule has 27 heavy (non-hydrogen) atoms. The van der Waals surface area contributed by atoms with Crippen LogP contribution in [0.4, 0.5) is 18.9 Å². The molecular formula is C19H12F3N3O2. The molecule has 0 spiro atoms. The lowest BCUT2D eigenvalue weighted by molar-refractivity contribution is -0.137. The first-order chi connectivity index (χ1) is 12.7. The minimum absolute atomic E-state index is 0.105. The summed E-state index contributed by atoms with van der Waals surface area (Å²) in [5.74, 6) is -1.67. The highest BCUT2D eigenvalue weighted by Gasteiger charge is 2.30. The summed E-state index contributed by atoms with van der Waals surface area (Å²) in [4.78, 5) is 12.3. The second-order valence-electron chi connectivity index (χ2n) is 5.51. The maximum atomic E-state index is 12.6. The highest BCUT2D eigenvalue weighted by atomic mass is 19.4.